The molecule has 0 amide bonds. The number of nitrogens with zero attached hydrogens (tertiary/aromatic N) is 2. The van der Waals surface area contributed by atoms with Gasteiger partial charge in [-0.25, -0.2) is 8.42 Å². The standard InChI is InChI=1S/C4H5ClN2O2S2/c1-11(8,9)2-3-4(5)10-7-6-3/h2H2,1H3. The van der Waals surface area contributed by atoms with Crippen molar-refractivity contribution in [3.63, 3.8) is 0 Å². The van der Waals surface area contributed by atoms with Crippen molar-refractivity contribution >= 4 is 33.0 Å². The Labute approximate surface area is 73.3 Å². The van der Waals surface area contributed by atoms with Gasteiger partial charge in [0, 0.05) is 17.8 Å². The van der Waals surface area contributed by atoms with E-state index in [1.807, 2.05) is 0 Å². The van der Waals surface area contributed by atoms with Crippen LogP contribution in [-0.4, -0.2) is 24.3 Å². The normalized spacial score (nSPS) is 11.8. The first-order valence-electron chi connectivity index (χ1n) is 2.63. The molecule has 1 rings (SSSR count). The maximum Gasteiger partial charge on any atom is 0.153 e. The van der Waals surface area contributed by atoms with Gasteiger partial charge < -0.3 is 0 Å². The summed E-state index contributed by atoms with van der Waals surface area (Å²) in [5, 5.41) is 3.56. The molecule has 7 heteroatoms. The molecule has 1 aromatic rings. The fourth-order valence-electron chi connectivity index (χ4n) is 0.531. The molecule has 0 spiro atoms. The van der Waals surface area contributed by atoms with Crippen molar-refractivity contribution in [2.24, 2.45) is 0 Å². The highest BCUT2D eigenvalue weighted by Gasteiger charge is 2.11. The molecular weight excluding hydrogens is 208 g/mol. The Morgan fingerprint density at radius 2 is 2.27 bits per heavy atom. The highest BCUT2D eigenvalue weighted by atomic mass is 35.5. The summed E-state index contributed by atoms with van der Waals surface area (Å²) in [6, 6.07) is 0. The molecule has 0 aliphatic heterocycles. The minimum Gasteiger partial charge on any atom is -0.229 e. The van der Waals surface area contributed by atoms with Crippen LogP contribution in [0.1, 0.15) is 5.69 Å². The van der Waals surface area contributed by atoms with Crippen LogP contribution in [0.15, 0.2) is 0 Å². The Hall–Kier alpha value is -0.200. The summed E-state index contributed by atoms with van der Waals surface area (Å²) in [4.78, 5) is 0. The topological polar surface area (TPSA) is 59.9 Å². The lowest BCUT2D eigenvalue weighted by atomic mass is 10.6. The van der Waals surface area contributed by atoms with Gasteiger partial charge in [-0.3, -0.25) is 0 Å². The van der Waals surface area contributed by atoms with Crippen LogP contribution < -0.4 is 0 Å². The molecule has 0 aliphatic rings. The number of sulfone groups is 1. The third-order valence-electron chi connectivity index (χ3n) is 0.908. The van der Waals surface area contributed by atoms with E-state index in [9.17, 15) is 8.42 Å². The van der Waals surface area contributed by atoms with Gasteiger partial charge in [0.05, 0.1) is 5.75 Å². The largest absolute Gasteiger partial charge is 0.229 e. The molecule has 1 aromatic heterocycles. The van der Waals surface area contributed by atoms with Gasteiger partial charge in [-0.05, 0) is 0 Å². The van der Waals surface area contributed by atoms with Crippen LogP contribution in [-0.2, 0) is 15.6 Å². The monoisotopic (exact) mass is 212 g/mol. The number of rotatable bonds is 2. The maximum atomic E-state index is 10.7. The Balaban J connectivity index is 2.89. The van der Waals surface area contributed by atoms with Crippen LogP contribution in [0.2, 0.25) is 4.34 Å². The number of hydrogen-bond acceptors (Lipinski definition) is 5. The predicted molar refractivity (Wildman–Crippen MR) is 43.5 cm³/mol. The van der Waals surface area contributed by atoms with Gasteiger partial charge in [0.2, 0.25) is 0 Å². The fraction of sp³-hybridized carbons (Fsp3) is 0.500. The van der Waals surface area contributed by atoms with E-state index in [0.29, 0.717) is 10.0 Å². The van der Waals surface area contributed by atoms with Crippen molar-refractivity contribution in [3.05, 3.63) is 10.0 Å². The van der Waals surface area contributed by atoms with Crippen molar-refractivity contribution in [2.45, 2.75) is 5.75 Å². The average molecular weight is 213 g/mol. The van der Waals surface area contributed by atoms with E-state index in [-0.39, 0.29) is 5.75 Å². The van der Waals surface area contributed by atoms with Gasteiger partial charge in [-0.1, -0.05) is 16.1 Å². The summed E-state index contributed by atoms with van der Waals surface area (Å²) in [5.41, 5.74) is 0.333. The Morgan fingerprint density at radius 1 is 1.64 bits per heavy atom. The SMILES string of the molecule is CS(=O)(=O)Cc1nnsc1Cl. The van der Waals surface area contributed by atoms with Crippen molar-refractivity contribution in [2.75, 3.05) is 6.26 Å². The van der Waals surface area contributed by atoms with E-state index >= 15 is 0 Å². The molecule has 0 radical (unpaired) electrons. The van der Waals surface area contributed by atoms with Gasteiger partial charge in [0.15, 0.2) is 9.84 Å². The zero-order valence-corrected chi connectivity index (χ0v) is 8.00. The third kappa shape index (κ3) is 2.72. The van der Waals surface area contributed by atoms with Crippen LogP contribution in [0, 0.1) is 0 Å². The average Bonchev–Trinajstić information content (AvgIpc) is 2.12. The molecule has 0 atom stereocenters. The second kappa shape index (κ2) is 3.04. The number of hydrogen-bond donors (Lipinski definition) is 0. The van der Waals surface area contributed by atoms with Gasteiger partial charge in [0.25, 0.3) is 0 Å². The summed E-state index contributed by atoms with van der Waals surface area (Å²) in [6.07, 6.45) is 1.13. The van der Waals surface area contributed by atoms with Crippen molar-refractivity contribution in [3.8, 4) is 0 Å². The molecule has 0 saturated carbocycles. The second-order valence-corrected chi connectivity index (χ2v) is 5.56. The first-order valence-corrected chi connectivity index (χ1v) is 5.84. The summed E-state index contributed by atoms with van der Waals surface area (Å²) in [5.74, 6) is -0.137. The first-order chi connectivity index (χ1) is 4.99. The quantitative estimate of drug-likeness (QED) is 0.726. The molecule has 0 N–H and O–H groups in total. The molecule has 62 valence electrons. The van der Waals surface area contributed by atoms with E-state index < -0.39 is 9.84 Å². The zero-order valence-electron chi connectivity index (χ0n) is 5.61. The molecular formula is C4H5ClN2O2S2. The highest BCUT2D eigenvalue weighted by Crippen LogP contribution is 2.18. The van der Waals surface area contributed by atoms with E-state index in [1.165, 1.54) is 0 Å². The Kier molecular flexibility index (Phi) is 2.46. The van der Waals surface area contributed by atoms with E-state index in [1.54, 1.807) is 0 Å². The fourth-order valence-corrected chi connectivity index (χ4v) is 2.03. The minimum absolute atomic E-state index is 0.137. The van der Waals surface area contributed by atoms with Gasteiger partial charge >= 0.3 is 0 Å². The van der Waals surface area contributed by atoms with Crippen LogP contribution in [0.4, 0.5) is 0 Å². The van der Waals surface area contributed by atoms with Crippen molar-refractivity contribution in [1.82, 2.24) is 9.59 Å². The number of halogens is 1. The Bertz CT molecular complexity index is 345. The number of aromatic nitrogens is 2. The molecule has 0 fully saturated rings. The zero-order chi connectivity index (χ0) is 8.48. The van der Waals surface area contributed by atoms with Crippen molar-refractivity contribution < 1.29 is 8.42 Å². The molecule has 0 bridgehead atoms. The van der Waals surface area contributed by atoms with E-state index in [4.69, 9.17) is 11.6 Å². The van der Waals surface area contributed by atoms with Crippen molar-refractivity contribution in [1.29, 1.82) is 0 Å². The molecule has 0 unspecified atom stereocenters. The van der Waals surface area contributed by atoms with Gasteiger partial charge in [0.1, 0.15) is 10.0 Å². The minimum atomic E-state index is -3.05. The third-order valence-corrected chi connectivity index (χ3v) is 2.69. The molecule has 0 aliphatic carbocycles. The molecule has 0 aromatic carbocycles. The van der Waals surface area contributed by atoms with E-state index in [2.05, 4.69) is 9.59 Å². The smallest absolute Gasteiger partial charge is 0.153 e. The molecule has 1 heterocycles. The molecule has 11 heavy (non-hydrogen) atoms. The summed E-state index contributed by atoms with van der Waals surface area (Å²) in [7, 11) is -3.05. The lowest BCUT2D eigenvalue weighted by Crippen LogP contribution is -2.01. The van der Waals surface area contributed by atoms with E-state index in [0.717, 1.165) is 17.8 Å². The lowest BCUT2D eigenvalue weighted by molar-refractivity contribution is 0.600. The maximum absolute atomic E-state index is 10.7. The second-order valence-electron chi connectivity index (χ2n) is 2.06. The summed E-state index contributed by atoms with van der Waals surface area (Å²) < 4.78 is 25.3. The molecule has 0 saturated heterocycles. The van der Waals surface area contributed by atoms with Gasteiger partial charge in [-0.15, -0.1) is 5.10 Å². The van der Waals surface area contributed by atoms with Crippen LogP contribution >= 0.6 is 23.1 Å². The van der Waals surface area contributed by atoms with Crippen LogP contribution in [0.25, 0.3) is 0 Å². The predicted octanol–water partition coefficient (Wildman–Crippen LogP) is 0.736. The lowest BCUT2D eigenvalue weighted by Gasteiger charge is -1.91. The highest BCUT2D eigenvalue weighted by molar-refractivity contribution is 7.89. The summed E-state index contributed by atoms with van der Waals surface area (Å²) >= 11 is 6.56. The Morgan fingerprint density at radius 3 is 2.64 bits per heavy atom. The first kappa shape index (κ1) is 8.89. The van der Waals surface area contributed by atoms with Crippen LogP contribution in [0.3, 0.4) is 0 Å². The van der Waals surface area contributed by atoms with Gasteiger partial charge in [-0.2, -0.15) is 0 Å². The summed E-state index contributed by atoms with van der Waals surface area (Å²) in [6.45, 7) is 0. The van der Waals surface area contributed by atoms with Crippen LogP contribution in [0.5, 0.6) is 0 Å². The molecule has 4 nitrogen and oxygen atoms in total.